The largest absolute Gasteiger partial charge is 0.337 e. The predicted octanol–water partition coefficient (Wildman–Crippen LogP) is 2.21. The Hall–Kier alpha value is -2.21. The Morgan fingerprint density at radius 2 is 1.92 bits per heavy atom. The Bertz CT molecular complexity index is 667. The van der Waals surface area contributed by atoms with Crippen LogP contribution in [-0.2, 0) is 6.54 Å². The molecule has 0 bridgehead atoms. The number of carbonyl (C=O) groups is 1. The van der Waals surface area contributed by atoms with Crippen molar-refractivity contribution >= 4 is 5.91 Å². The highest BCUT2D eigenvalue weighted by atomic mass is 16.2. The predicted molar refractivity (Wildman–Crippen MR) is 92.6 cm³/mol. The lowest BCUT2D eigenvalue weighted by atomic mass is 10.2. The molecule has 128 valence electrons. The van der Waals surface area contributed by atoms with Crippen LogP contribution in [0.15, 0.2) is 36.9 Å². The quantitative estimate of drug-likeness (QED) is 0.864. The van der Waals surface area contributed by atoms with E-state index < -0.39 is 0 Å². The Morgan fingerprint density at radius 3 is 2.67 bits per heavy atom. The highest BCUT2D eigenvalue weighted by molar-refractivity contribution is 5.94. The van der Waals surface area contributed by atoms with E-state index in [1.54, 1.807) is 24.5 Å². The van der Waals surface area contributed by atoms with E-state index in [2.05, 4.69) is 33.3 Å². The van der Waals surface area contributed by atoms with Crippen LogP contribution in [0.5, 0.6) is 0 Å². The molecule has 3 rings (SSSR count). The molecular formula is C18H25N5O. The topological polar surface area (TPSA) is 54.3 Å². The van der Waals surface area contributed by atoms with Gasteiger partial charge in [-0.3, -0.25) is 14.7 Å². The van der Waals surface area contributed by atoms with Gasteiger partial charge in [-0.05, 0) is 32.4 Å². The molecule has 0 aromatic carbocycles. The van der Waals surface area contributed by atoms with Gasteiger partial charge in [0, 0.05) is 62.6 Å². The van der Waals surface area contributed by atoms with Crippen LogP contribution in [0, 0.1) is 0 Å². The van der Waals surface area contributed by atoms with E-state index in [4.69, 9.17) is 0 Å². The first kappa shape index (κ1) is 16.6. The van der Waals surface area contributed by atoms with E-state index in [0.29, 0.717) is 11.6 Å². The number of pyridine rings is 1. The fraction of sp³-hybridized carbons (Fsp3) is 0.500. The molecule has 0 unspecified atom stereocenters. The lowest BCUT2D eigenvalue weighted by Gasteiger charge is -2.22. The molecule has 1 saturated heterocycles. The van der Waals surface area contributed by atoms with Crippen LogP contribution in [0.1, 0.15) is 42.5 Å². The van der Waals surface area contributed by atoms with Gasteiger partial charge in [-0.25, -0.2) is 4.98 Å². The van der Waals surface area contributed by atoms with Crippen molar-refractivity contribution in [2.24, 2.45) is 0 Å². The highest BCUT2D eigenvalue weighted by Crippen LogP contribution is 2.13. The van der Waals surface area contributed by atoms with Gasteiger partial charge in [0.1, 0.15) is 5.82 Å². The van der Waals surface area contributed by atoms with Gasteiger partial charge in [0.15, 0.2) is 0 Å². The summed E-state index contributed by atoms with van der Waals surface area (Å²) in [6.45, 7) is 8.60. The van der Waals surface area contributed by atoms with Crippen LogP contribution in [0.25, 0.3) is 0 Å². The van der Waals surface area contributed by atoms with Crippen molar-refractivity contribution < 1.29 is 4.79 Å². The van der Waals surface area contributed by atoms with Crippen LogP contribution in [0.3, 0.4) is 0 Å². The number of nitrogens with zero attached hydrogens (tertiary/aromatic N) is 5. The smallest absolute Gasteiger partial charge is 0.254 e. The number of hydrogen-bond acceptors (Lipinski definition) is 4. The summed E-state index contributed by atoms with van der Waals surface area (Å²) in [6, 6.07) is 3.98. The molecule has 0 radical (unpaired) electrons. The SMILES string of the molecule is CC(C)n1ccnc1CN1CCCN(C(=O)c2ccncc2)CC1. The van der Waals surface area contributed by atoms with Crippen molar-refractivity contribution in [3.8, 4) is 0 Å². The molecule has 6 nitrogen and oxygen atoms in total. The number of amides is 1. The molecule has 0 N–H and O–H groups in total. The van der Waals surface area contributed by atoms with Crippen LogP contribution in [-0.4, -0.2) is 56.4 Å². The summed E-state index contributed by atoms with van der Waals surface area (Å²) in [7, 11) is 0. The van der Waals surface area contributed by atoms with Crippen molar-refractivity contribution in [3.05, 3.63) is 48.3 Å². The minimum atomic E-state index is 0.0999. The molecule has 3 heterocycles. The van der Waals surface area contributed by atoms with Crippen LogP contribution in [0.2, 0.25) is 0 Å². The maximum Gasteiger partial charge on any atom is 0.254 e. The van der Waals surface area contributed by atoms with Crippen LogP contribution in [0.4, 0.5) is 0 Å². The molecule has 2 aromatic heterocycles. The Balaban J connectivity index is 1.61. The van der Waals surface area contributed by atoms with Gasteiger partial charge in [0.25, 0.3) is 5.91 Å². The van der Waals surface area contributed by atoms with Gasteiger partial charge >= 0.3 is 0 Å². The van der Waals surface area contributed by atoms with Gasteiger partial charge in [0.05, 0.1) is 6.54 Å². The van der Waals surface area contributed by atoms with Gasteiger partial charge in [-0.15, -0.1) is 0 Å². The second-order valence-electron chi connectivity index (χ2n) is 6.50. The van der Waals surface area contributed by atoms with Crippen molar-refractivity contribution in [1.82, 2.24) is 24.3 Å². The van der Waals surface area contributed by atoms with E-state index in [9.17, 15) is 4.79 Å². The Morgan fingerprint density at radius 1 is 1.12 bits per heavy atom. The second-order valence-corrected chi connectivity index (χ2v) is 6.50. The van der Waals surface area contributed by atoms with Crippen molar-refractivity contribution in [1.29, 1.82) is 0 Å². The first-order valence-corrected chi connectivity index (χ1v) is 8.58. The van der Waals surface area contributed by atoms with Crippen molar-refractivity contribution in [2.75, 3.05) is 26.2 Å². The number of carbonyl (C=O) groups excluding carboxylic acids is 1. The maximum absolute atomic E-state index is 12.6. The molecule has 1 amide bonds. The van der Waals surface area contributed by atoms with E-state index in [0.717, 1.165) is 45.0 Å². The number of hydrogen-bond donors (Lipinski definition) is 0. The van der Waals surface area contributed by atoms with Crippen LogP contribution >= 0.6 is 0 Å². The standard InChI is InChI=1S/C18H25N5O/c1-15(2)23-11-8-20-17(23)14-21-9-3-10-22(13-12-21)18(24)16-4-6-19-7-5-16/h4-8,11,15H,3,9-10,12-14H2,1-2H3. The third-order valence-electron chi connectivity index (χ3n) is 4.47. The normalized spacial score (nSPS) is 16.4. The molecule has 0 saturated carbocycles. The second kappa shape index (κ2) is 7.57. The zero-order valence-electron chi connectivity index (χ0n) is 14.4. The van der Waals surface area contributed by atoms with E-state index in [-0.39, 0.29) is 5.91 Å². The molecule has 0 atom stereocenters. The van der Waals surface area contributed by atoms with E-state index >= 15 is 0 Å². The summed E-state index contributed by atoms with van der Waals surface area (Å²) < 4.78 is 2.21. The molecule has 1 aliphatic rings. The average Bonchev–Trinajstić information content (AvgIpc) is 2.93. The lowest BCUT2D eigenvalue weighted by Crippen LogP contribution is -2.35. The van der Waals surface area contributed by atoms with Gasteiger partial charge in [-0.1, -0.05) is 0 Å². The molecule has 1 fully saturated rings. The molecule has 6 heteroatoms. The molecule has 1 aliphatic heterocycles. The van der Waals surface area contributed by atoms with Gasteiger partial charge in [-0.2, -0.15) is 0 Å². The molecule has 0 aliphatic carbocycles. The molecule has 0 spiro atoms. The molecule has 24 heavy (non-hydrogen) atoms. The van der Waals surface area contributed by atoms with Gasteiger partial charge < -0.3 is 9.47 Å². The first-order chi connectivity index (χ1) is 11.6. The monoisotopic (exact) mass is 327 g/mol. The van der Waals surface area contributed by atoms with E-state index in [1.165, 1.54) is 0 Å². The Labute approximate surface area is 143 Å². The number of aromatic nitrogens is 3. The van der Waals surface area contributed by atoms with Gasteiger partial charge in [0.2, 0.25) is 0 Å². The summed E-state index contributed by atoms with van der Waals surface area (Å²) in [5, 5.41) is 0. The Kier molecular flexibility index (Phi) is 5.25. The maximum atomic E-state index is 12.6. The first-order valence-electron chi connectivity index (χ1n) is 8.58. The molecular weight excluding hydrogens is 302 g/mol. The number of rotatable bonds is 4. The molecule has 2 aromatic rings. The zero-order valence-corrected chi connectivity index (χ0v) is 14.4. The van der Waals surface area contributed by atoms with Crippen LogP contribution < -0.4 is 0 Å². The van der Waals surface area contributed by atoms with Crippen molar-refractivity contribution in [2.45, 2.75) is 32.9 Å². The summed E-state index contributed by atoms with van der Waals surface area (Å²) in [5.41, 5.74) is 0.716. The highest BCUT2D eigenvalue weighted by Gasteiger charge is 2.21. The lowest BCUT2D eigenvalue weighted by molar-refractivity contribution is 0.0761. The summed E-state index contributed by atoms with van der Waals surface area (Å²) in [5.74, 6) is 1.20. The number of imidazole rings is 1. The average molecular weight is 327 g/mol. The van der Waals surface area contributed by atoms with Crippen molar-refractivity contribution in [3.63, 3.8) is 0 Å². The third-order valence-corrected chi connectivity index (χ3v) is 4.47. The van der Waals surface area contributed by atoms with E-state index in [1.807, 2.05) is 17.3 Å². The zero-order chi connectivity index (χ0) is 16.9. The summed E-state index contributed by atoms with van der Waals surface area (Å²) in [6.07, 6.45) is 8.23. The third kappa shape index (κ3) is 3.82. The fourth-order valence-corrected chi connectivity index (χ4v) is 3.15. The fourth-order valence-electron chi connectivity index (χ4n) is 3.15. The minimum Gasteiger partial charge on any atom is -0.337 e. The summed E-state index contributed by atoms with van der Waals surface area (Å²) >= 11 is 0. The summed E-state index contributed by atoms with van der Waals surface area (Å²) in [4.78, 5) is 25.4. The minimum absolute atomic E-state index is 0.0999.